The number of hydrogen-bond acceptors (Lipinski definition) is 3. The minimum atomic E-state index is -0.971. The summed E-state index contributed by atoms with van der Waals surface area (Å²) in [6, 6.07) is 7.59. The SMILES string of the molecule is CCc1sc(N)c(C(=O)O)c1-c1ccc(Br)cc1. The first kappa shape index (κ1) is 13.1. The lowest BCUT2D eigenvalue weighted by molar-refractivity contribution is 0.0699. The second kappa shape index (κ2) is 5.12. The number of halogens is 1. The molecule has 0 aliphatic carbocycles. The van der Waals surface area contributed by atoms with Crippen molar-refractivity contribution < 1.29 is 9.90 Å². The van der Waals surface area contributed by atoms with Gasteiger partial charge in [-0.2, -0.15) is 0 Å². The normalized spacial score (nSPS) is 10.6. The van der Waals surface area contributed by atoms with Gasteiger partial charge in [-0.1, -0.05) is 35.0 Å². The maximum Gasteiger partial charge on any atom is 0.339 e. The molecule has 1 aromatic heterocycles. The second-order valence-corrected chi connectivity index (χ2v) is 5.86. The van der Waals surface area contributed by atoms with E-state index in [1.165, 1.54) is 11.3 Å². The number of thiophene rings is 1. The van der Waals surface area contributed by atoms with Gasteiger partial charge in [0.15, 0.2) is 0 Å². The number of carboxylic acid groups (broad SMARTS) is 1. The summed E-state index contributed by atoms with van der Waals surface area (Å²) in [7, 11) is 0. The van der Waals surface area contributed by atoms with Gasteiger partial charge in [-0.25, -0.2) is 4.79 Å². The van der Waals surface area contributed by atoms with Crippen LogP contribution >= 0.6 is 27.3 Å². The summed E-state index contributed by atoms with van der Waals surface area (Å²) >= 11 is 4.72. The molecule has 0 fully saturated rings. The van der Waals surface area contributed by atoms with Gasteiger partial charge >= 0.3 is 5.97 Å². The summed E-state index contributed by atoms with van der Waals surface area (Å²) in [5, 5.41) is 9.66. The molecule has 0 unspecified atom stereocenters. The molecule has 3 N–H and O–H groups in total. The molecule has 2 rings (SSSR count). The molecule has 1 aromatic carbocycles. The van der Waals surface area contributed by atoms with Crippen molar-refractivity contribution in [3.8, 4) is 11.1 Å². The summed E-state index contributed by atoms with van der Waals surface area (Å²) in [4.78, 5) is 12.3. The zero-order valence-electron chi connectivity index (χ0n) is 9.74. The first-order valence-electron chi connectivity index (χ1n) is 5.45. The Labute approximate surface area is 117 Å². The number of rotatable bonds is 3. The van der Waals surface area contributed by atoms with Crippen LogP contribution in [-0.2, 0) is 6.42 Å². The molecule has 0 radical (unpaired) electrons. The molecular formula is C13H12BrNO2S. The van der Waals surface area contributed by atoms with Gasteiger partial charge in [0.25, 0.3) is 0 Å². The van der Waals surface area contributed by atoms with Crippen LogP contribution in [0.5, 0.6) is 0 Å². The van der Waals surface area contributed by atoms with Crippen LogP contribution in [0.15, 0.2) is 28.7 Å². The van der Waals surface area contributed by atoms with Crippen LogP contribution in [0.25, 0.3) is 11.1 Å². The van der Waals surface area contributed by atoms with Crippen molar-refractivity contribution >= 4 is 38.2 Å². The van der Waals surface area contributed by atoms with Crippen LogP contribution in [0.4, 0.5) is 5.00 Å². The Hall–Kier alpha value is -1.33. The van der Waals surface area contributed by atoms with E-state index >= 15 is 0 Å². The van der Waals surface area contributed by atoms with Crippen molar-refractivity contribution in [1.29, 1.82) is 0 Å². The van der Waals surface area contributed by atoms with E-state index in [-0.39, 0.29) is 5.56 Å². The molecule has 0 saturated carbocycles. The molecule has 18 heavy (non-hydrogen) atoms. The van der Waals surface area contributed by atoms with Crippen molar-refractivity contribution in [3.05, 3.63) is 39.2 Å². The van der Waals surface area contributed by atoms with Crippen molar-refractivity contribution in [3.63, 3.8) is 0 Å². The molecule has 3 nitrogen and oxygen atoms in total. The van der Waals surface area contributed by atoms with Crippen molar-refractivity contribution in [2.24, 2.45) is 0 Å². The minimum Gasteiger partial charge on any atom is -0.478 e. The molecule has 5 heteroatoms. The zero-order valence-corrected chi connectivity index (χ0v) is 12.1. The Morgan fingerprint density at radius 1 is 1.39 bits per heavy atom. The van der Waals surface area contributed by atoms with Crippen molar-refractivity contribution in [2.75, 3.05) is 5.73 Å². The Morgan fingerprint density at radius 3 is 2.50 bits per heavy atom. The average molecular weight is 326 g/mol. The second-order valence-electron chi connectivity index (χ2n) is 3.81. The molecule has 0 atom stereocenters. The zero-order chi connectivity index (χ0) is 13.3. The van der Waals surface area contributed by atoms with E-state index in [2.05, 4.69) is 15.9 Å². The Morgan fingerprint density at radius 2 is 2.00 bits per heavy atom. The number of benzene rings is 1. The van der Waals surface area contributed by atoms with E-state index in [0.29, 0.717) is 5.00 Å². The number of aromatic carboxylic acids is 1. The highest BCUT2D eigenvalue weighted by molar-refractivity contribution is 9.10. The van der Waals surface area contributed by atoms with E-state index in [0.717, 1.165) is 26.9 Å². The van der Waals surface area contributed by atoms with Gasteiger partial charge in [-0.15, -0.1) is 11.3 Å². The first-order chi connectivity index (χ1) is 8.54. The van der Waals surface area contributed by atoms with E-state index < -0.39 is 5.97 Å². The van der Waals surface area contributed by atoms with E-state index in [9.17, 15) is 9.90 Å². The van der Waals surface area contributed by atoms with E-state index in [1.807, 2.05) is 31.2 Å². The lowest BCUT2D eigenvalue weighted by atomic mass is 10.0. The Bertz CT molecular complexity index is 590. The molecule has 0 saturated heterocycles. The van der Waals surface area contributed by atoms with Crippen LogP contribution in [0.2, 0.25) is 0 Å². The standard InChI is InChI=1S/C13H12BrNO2S/c1-2-9-10(7-3-5-8(14)6-4-7)11(13(16)17)12(15)18-9/h3-6H,2,15H2,1H3,(H,16,17). The quantitative estimate of drug-likeness (QED) is 0.895. The molecule has 0 aliphatic heterocycles. The maximum atomic E-state index is 11.3. The van der Waals surface area contributed by atoms with Crippen LogP contribution in [0.3, 0.4) is 0 Å². The van der Waals surface area contributed by atoms with Crippen LogP contribution in [-0.4, -0.2) is 11.1 Å². The summed E-state index contributed by atoms with van der Waals surface area (Å²) in [6.45, 7) is 2.00. The number of carboxylic acids is 1. The fourth-order valence-electron chi connectivity index (χ4n) is 1.88. The third-order valence-corrected chi connectivity index (χ3v) is 4.37. The molecular weight excluding hydrogens is 314 g/mol. The van der Waals surface area contributed by atoms with Gasteiger partial charge < -0.3 is 10.8 Å². The number of anilines is 1. The predicted octanol–water partition coefficient (Wildman–Crippen LogP) is 4.02. The Kier molecular flexibility index (Phi) is 3.73. The minimum absolute atomic E-state index is 0.221. The summed E-state index contributed by atoms with van der Waals surface area (Å²) in [5.41, 5.74) is 7.68. The highest BCUT2D eigenvalue weighted by atomic mass is 79.9. The topological polar surface area (TPSA) is 63.3 Å². The third kappa shape index (κ3) is 2.28. The first-order valence-corrected chi connectivity index (χ1v) is 7.06. The van der Waals surface area contributed by atoms with Crippen molar-refractivity contribution in [1.82, 2.24) is 0 Å². The number of hydrogen-bond donors (Lipinski definition) is 2. The molecule has 94 valence electrons. The fraction of sp³-hybridized carbons (Fsp3) is 0.154. The van der Waals surface area contributed by atoms with Gasteiger partial charge in [0.05, 0.1) is 0 Å². The van der Waals surface area contributed by atoms with Crippen LogP contribution in [0.1, 0.15) is 22.2 Å². The number of carbonyl (C=O) groups is 1. The van der Waals surface area contributed by atoms with Gasteiger partial charge in [0.2, 0.25) is 0 Å². The fourth-order valence-corrected chi connectivity index (χ4v) is 3.17. The number of nitrogen functional groups attached to an aromatic ring is 1. The predicted molar refractivity (Wildman–Crippen MR) is 78.2 cm³/mol. The molecule has 0 bridgehead atoms. The average Bonchev–Trinajstić information content (AvgIpc) is 2.67. The summed E-state index contributed by atoms with van der Waals surface area (Å²) in [5.74, 6) is -0.971. The monoisotopic (exact) mass is 325 g/mol. The summed E-state index contributed by atoms with van der Waals surface area (Å²) < 4.78 is 0.962. The summed E-state index contributed by atoms with van der Waals surface area (Å²) in [6.07, 6.45) is 0.771. The maximum absolute atomic E-state index is 11.3. The van der Waals surface area contributed by atoms with Gasteiger partial charge in [-0.3, -0.25) is 0 Å². The number of nitrogens with two attached hydrogens (primary N) is 1. The number of aryl methyl sites for hydroxylation is 1. The van der Waals surface area contributed by atoms with Gasteiger partial charge in [-0.05, 0) is 24.1 Å². The molecule has 0 amide bonds. The largest absolute Gasteiger partial charge is 0.478 e. The van der Waals surface area contributed by atoms with E-state index in [4.69, 9.17) is 5.73 Å². The van der Waals surface area contributed by atoms with Crippen molar-refractivity contribution in [2.45, 2.75) is 13.3 Å². The van der Waals surface area contributed by atoms with Crippen LogP contribution < -0.4 is 5.73 Å². The lowest BCUT2D eigenvalue weighted by Gasteiger charge is -2.05. The molecule has 0 aliphatic rings. The van der Waals surface area contributed by atoms with Gasteiger partial charge in [0, 0.05) is 14.9 Å². The lowest BCUT2D eigenvalue weighted by Crippen LogP contribution is -2.01. The van der Waals surface area contributed by atoms with E-state index in [1.54, 1.807) is 0 Å². The molecule has 0 spiro atoms. The molecule has 1 heterocycles. The molecule has 2 aromatic rings. The highest BCUT2D eigenvalue weighted by Gasteiger charge is 2.22. The van der Waals surface area contributed by atoms with Gasteiger partial charge in [0.1, 0.15) is 10.6 Å². The smallest absolute Gasteiger partial charge is 0.339 e. The third-order valence-electron chi connectivity index (χ3n) is 2.68. The highest BCUT2D eigenvalue weighted by Crippen LogP contribution is 2.39. The van der Waals surface area contributed by atoms with Crippen LogP contribution in [0, 0.1) is 0 Å². The Balaban J connectivity index is 2.68.